The van der Waals surface area contributed by atoms with Gasteiger partial charge in [-0.3, -0.25) is 4.99 Å². The van der Waals surface area contributed by atoms with E-state index in [4.69, 9.17) is 0 Å². The zero-order chi connectivity index (χ0) is 21.6. The molecule has 1 atom stereocenters. The summed E-state index contributed by atoms with van der Waals surface area (Å²) in [7, 11) is -1.71. The van der Waals surface area contributed by atoms with Gasteiger partial charge in [-0.25, -0.2) is 21.6 Å². The van der Waals surface area contributed by atoms with Crippen molar-refractivity contribution >= 4 is 39.8 Å². The zero-order valence-electron chi connectivity index (χ0n) is 16.9. The van der Waals surface area contributed by atoms with E-state index < -0.39 is 27.3 Å². The molecule has 2 N–H and O–H groups in total. The summed E-state index contributed by atoms with van der Waals surface area (Å²) in [4.78, 5) is 4.08. The van der Waals surface area contributed by atoms with Gasteiger partial charge in [-0.05, 0) is 46.9 Å². The van der Waals surface area contributed by atoms with Crippen molar-refractivity contribution in [1.82, 2.24) is 10.6 Å². The molecule has 0 saturated heterocycles. The summed E-state index contributed by atoms with van der Waals surface area (Å²) in [6.45, 7) is 2.41. The topological polar surface area (TPSA) is 70.6 Å². The van der Waals surface area contributed by atoms with Crippen LogP contribution in [0.2, 0.25) is 0 Å². The molecule has 1 unspecified atom stereocenters. The third-order valence-corrected chi connectivity index (χ3v) is 5.18. The van der Waals surface area contributed by atoms with E-state index in [-0.39, 0.29) is 42.2 Å². The normalized spacial score (nSPS) is 12.8. The van der Waals surface area contributed by atoms with E-state index in [1.54, 1.807) is 7.05 Å². The Morgan fingerprint density at radius 2 is 1.73 bits per heavy atom. The predicted molar refractivity (Wildman–Crippen MR) is 123 cm³/mol. The van der Waals surface area contributed by atoms with E-state index in [0.717, 1.165) is 18.4 Å². The van der Waals surface area contributed by atoms with Gasteiger partial charge in [0, 0.05) is 26.4 Å². The Balaban J connectivity index is 0.00000450. The minimum atomic E-state index is -3.27. The molecule has 0 aromatic heterocycles. The minimum absolute atomic E-state index is 0. The number of hydrogen-bond acceptors (Lipinski definition) is 3. The summed E-state index contributed by atoms with van der Waals surface area (Å²) in [5, 5.41) is 6.07. The number of nitrogens with one attached hydrogen (secondary N) is 2. The number of aliphatic imine (C=N–C) groups is 1. The summed E-state index contributed by atoms with van der Waals surface area (Å²) < 4.78 is 63.3. The van der Waals surface area contributed by atoms with Crippen molar-refractivity contribution in [3.05, 3.63) is 70.5 Å². The second-order valence-corrected chi connectivity index (χ2v) is 9.00. The van der Waals surface area contributed by atoms with E-state index in [9.17, 15) is 21.6 Å². The fraction of sp³-hybridized carbons (Fsp3) is 0.350. The Morgan fingerprint density at radius 1 is 1.03 bits per heavy atom. The first-order valence-electron chi connectivity index (χ1n) is 8.93. The van der Waals surface area contributed by atoms with Gasteiger partial charge in [-0.15, -0.1) is 24.0 Å². The Hall–Kier alpha value is -1.82. The number of sulfone groups is 1. The van der Waals surface area contributed by atoms with Crippen LogP contribution in [0.25, 0.3) is 0 Å². The molecule has 5 nitrogen and oxygen atoms in total. The van der Waals surface area contributed by atoms with Crippen molar-refractivity contribution in [1.29, 1.82) is 0 Å². The molecular weight excluding hydrogens is 530 g/mol. The second kappa shape index (κ2) is 11.5. The highest BCUT2D eigenvalue weighted by Gasteiger charge is 2.13. The van der Waals surface area contributed by atoms with Gasteiger partial charge in [0.05, 0.1) is 5.75 Å². The Labute approximate surface area is 192 Å². The Morgan fingerprint density at radius 3 is 2.33 bits per heavy atom. The zero-order valence-corrected chi connectivity index (χ0v) is 20.0. The number of benzene rings is 2. The quantitative estimate of drug-likeness (QED) is 0.311. The molecule has 0 amide bonds. The fourth-order valence-corrected chi connectivity index (χ4v) is 3.61. The number of hydrogen-bond donors (Lipinski definition) is 2. The van der Waals surface area contributed by atoms with E-state index in [1.807, 2.05) is 6.92 Å². The van der Waals surface area contributed by atoms with Crippen LogP contribution in [0.5, 0.6) is 0 Å². The number of guanidine groups is 1. The molecule has 0 radical (unpaired) electrons. The van der Waals surface area contributed by atoms with Crippen LogP contribution in [-0.2, 0) is 22.1 Å². The third-order valence-electron chi connectivity index (χ3n) is 4.34. The molecule has 10 heteroatoms. The molecule has 0 fully saturated rings. The lowest BCUT2D eigenvalue weighted by molar-refractivity contribution is 0.505. The molecule has 0 heterocycles. The van der Waals surface area contributed by atoms with Gasteiger partial charge >= 0.3 is 0 Å². The number of nitrogens with zero attached hydrogens (tertiary/aromatic N) is 1. The molecule has 30 heavy (non-hydrogen) atoms. The first kappa shape index (κ1) is 26.2. The van der Waals surface area contributed by atoms with Crippen molar-refractivity contribution in [3.8, 4) is 0 Å². The average molecular weight is 555 g/mol. The van der Waals surface area contributed by atoms with Crippen LogP contribution in [0.4, 0.5) is 13.2 Å². The molecule has 0 aliphatic rings. The Bertz CT molecular complexity index is 1000. The van der Waals surface area contributed by atoms with Crippen molar-refractivity contribution < 1.29 is 21.6 Å². The molecule has 166 valence electrons. The van der Waals surface area contributed by atoms with E-state index >= 15 is 0 Å². The smallest absolute Gasteiger partial charge is 0.191 e. The molecule has 0 bridgehead atoms. The van der Waals surface area contributed by atoms with Crippen molar-refractivity contribution in [2.24, 2.45) is 4.99 Å². The molecule has 0 spiro atoms. The van der Waals surface area contributed by atoms with Gasteiger partial charge in [-0.1, -0.05) is 19.1 Å². The van der Waals surface area contributed by atoms with Crippen LogP contribution in [-0.4, -0.2) is 34.2 Å². The monoisotopic (exact) mass is 555 g/mol. The van der Waals surface area contributed by atoms with E-state index in [1.165, 1.54) is 24.3 Å². The van der Waals surface area contributed by atoms with Crippen molar-refractivity contribution in [2.45, 2.75) is 25.1 Å². The van der Waals surface area contributed by atoms with Gasteiger partial charge in [-0.2, -0.15) is 0 Å². The summed E-state index contributed by atoms with van der Waals surface area (Å²) in [5.41, 5.74) is 1.64. The van der Waals surface area contributed by atoms with E-state index in [2.05, 4.69) is 15.6 Å². The lowest BCUT2D eigenvalue weighted by atomic mass is 10.0. The van der Waals surface area contributed by atoms with Crippen LogP contribution >= 0.6 is 24.0 Å². The summed E-state index contributed by atoms with van der Waals surface area (Å²) >= 11 is 0. The van der Waals surface area contributed by atoms with Gasteiger partial charge in [0.2, 0.25) is 0 Å². The SMILES string of the molecule is CN=C(NCc1cc(F)ccc1CS(C)(=O)=O)NCC(C)c1ccc(F)c(F)c1.I. The maximum atomic E-state index is 13.6. The summed E-state index contributed by atoms with van der Waals surface area (Å²) in [6, 6.07) is 7.72. The molecule has 0 aliphatic heterocycles. The number of halogens is 4. The summed E-state index contributed by atoms with van der Waals surface area (Å²) in [6.07, 6.45) is 1.12. The van der Waals surface area contributed by atoms with Gasteiger partial charge in [0.1, 0.15) is 5.82 Å². The van der Waals surface area contributed by atoms with Crippen molar-refractivity contribution in [3.63, 3.8) is 0 Å². The molecule has 2 rings (SSSR count). The fourth-order valence-electron chi connectivity index (χ4n) is 2.77. The highest BCUT2D eigenvalue weighted by Crippen LogP contribution is 2.17. The predicted octanol–water partition coefficient (Wildman–Crippen LogP) is 3.74. The second-order valence-electron chi connectivity index (χ2n) is 6.86. The van der Waals surface area contributed by atoms with Gasteiger partial charge in [0.15, 0.2) is 27.4 Å². The first-order chi connectivity index (χ1) is 13.6. The third kappa shape index (κ3) is 8.13. The van der Waals surface area contributed by atoms with Crippen LogP contribution in [0, 0.1) is 17.5 Å². The highest BCUT2D eigenvalue weighted by atomic mass is 127. The van der Waals surface area contributed by atoms with Gasteiger partial charge < -0.3 is 10.6 Å². The Kier molecular flexibility index (Phi) is 10.1. The minimum Gasteiger partial charge on any atom is -0.356 e. The lowest BCUT2D eigenvalue weighted by Crippen LogP contribution is -2.38. The van der Waals surface area contributed by atoms with Gasteiger partial charge in [0.25, 0.3) is 0 Å². The molecular formula is C20H25F3IN3O2S. The lowest BCUT2D eigenvalue weighted by Gasteiger charge is -2.17. The molecule has 2 aromatic carbocycles. The maximum Gasteiger partial charge on any atom is 0.191 e. The largest absolute Gasteiger partial charge is 0.356 e. The van der Waals surface area contributed by atoms with Crippen LogP contribution in [0.15, 0.2) is 41.4 Å². The van der Waals surface area contributed by atoms with E-state index in [0.29, 0.717) is 29.2 Å². The maximum absolute atomic E-state index is 13.6. The molecule has 2 aromatic rings. The van der Waals surface area contributed by atoms with Crippen LogP contribution < -0.4 is 10.6 Å². The first-order valence-corrected chi connectivity index (χ1v) is 11.0. The molecule has 0 saturated carbocycles. The number of rotatable bonds is 7. The van der Waals surface area contributed by atoms with Crippen LogP contribution in [0.1, 0.15) is 29.5 Å². The van der Waals surface area contributed by atoms with Crippen molar-refractivity contribution in [2.75, 3.05) is 19.8 Å². The van der Waals surface area contributed by atoms with Crippen LogP contribution in [0.3, 0.4) is 0 Å². The summed E-state index contributed by atoms with van der Waals surface area (Å²) in [5.74, 6) is -2.17. The standard InChI is InChI=1S/C20H24F3N3O2S.HI/c1-13(14-5-7-18(22)19(23)9-14)10-25-20(24-2)26-11-16-8-17(21)6-4-15(16)12-29(3,27)28;/h4-9,13H,10-12H2,1-3H3,(H2,24,25,26);1H. The average Bonchev–Trinajstić information content (AvgIpc) is 2.64. The highest BCUT2D eigenvalue weighted by molar-refractivity contribution is 14.0. The molecule has 0 aliphatic carbocycles.